The van der Waals surface area contributed by atoms with E-state index in [2.05, 4.69) is 9.97 Å². The SMILES string of the molecule is CCOC(=O)c1ncn2c1ccc1c[nH]c(C(=O)OCC)c12. The predicted octanol–water partition coefficient (Wildman–Crippen LogP) is 2.17. The normalized spacial score (nSPS) is 11.0. The zero-order valence-electron chi connectivity index (χ0n) is 12.3. The van der Waals surface area contributed by atoms with Crippen LogP contribution in [0.4, 0.5) is 0 Å². The number of H-pyrrole nitrogens is 1. The van der Waals surface area contributed by atoms with Gasteiger partial charge >= 0.3 is 11.9 Å². The van der Waals surface area contributed by atoms with Crippen molar-refractivity contribution in [2.45, 2.75) is 13.8 Å². The number of rotatable bonds is 4. The van der Waals surface area contributed by atoms with Crippen molar-refractivity contribution in [3.63, 3.8) is 0 Å². The lowest BCUT2D eigenvalue weighted by Crippen LogP contribution is -2.07. The summed E-state index contributed by atoms with van der Waals surface area (Å²) in [6.07, 6.45) is 3.21. The van der Waals surface area contributed by atoms with Crippen molar-refractivity contribution in [2.24, 2.45) is 0 Å². The highest BCUT2D eigenvalue weighted by Gasteiger charge is 2.20. The minimum atomic E-state index is -0.488. The highest BCUT2D eigenvalue weighted by atomic mass is 16.5. The average molecular weight is 301 g/mol. The number of fused-ring (bicyclic) bond motifs is 3. The molecule has 0 unspecified atom stereocenters. The largest absolute Gasteiger partial charge is 0.461 e. The van der Waals surface area contributed by atoms with E-state index in [1.165, 1.54) is 6.33 Å². The van der Waals surface area contributed by atoms with Gasteiger partial charge in [0.15, 0.2) is 5.69 Å². The van der Waals surface area contributed by atoms with Crippen LogP contribution in [0.25, 0.3) is 16.4 Å². The Morgan fingerprint density at radius 2 is 1.91 bits per heavy atom. The number of nitrogens with zero attached hydrogens (tertiary/aromatic N) is 2. The van der Waals surface area contributed by atoms with Gasteiger partial charge in [-0.15, -0.1) is 0 Å². The molecule has 7 heteroatoms. The van der Waals surface area contributed by atoms with Crippen LogP contribution >= 0.6 is 0 Å². The lowest BCUT2D eigenvalue weighted by Gasteiger charge is -2.03. The molecule has 0 radical (unpaired) electrons. The second-order valence-electron chi connectivity index (χ2n) is 4.59. The Morgan fingerprint density at radius 3 is 2.64 bits per heavy atom. The molecule has 1 N–H and O–H groups in total. The standard InChI is InChI=1S/C15H15N3O4/c1-3-21-14(19)11-10-6-5-9-7-16-12(15(20)22-4-2)13(9)18(10)8-17-11/h5-8,16H,3-4H2,1-2H3. The zero-order valence-corrected chi connectivity index (χ0v) is 12.3. The van der Waals surface area contributed by atoms with Crippen LogP contribution in [-0.4, -0.2) is 39.5 Å². The van der Waals surface area contributed by atoms with Crippen molar-refractivity contribution in [3.8, 4) is 0 Å². The number of nitrogens with one attached hydrogen (secondary N) is 1. The van der Waals surface area contributed by atoms with E-state index in [9.17, 15) is 9.59 Å². The number of esters is 2. The molecule has 3 rings (SSSR count). The van der Waals surface area contributed by atoms with Gasteiger partial charge in [-0.2, -0.15) is 0 Å². The molecular formula is C15H15N3O4. The first-order valence-corrected chi connectivity index (χ1v) is 6.98. The van der Waals surface area contributed by atoms with Crippen molar-refractivity contribution >= 4 is 28.4 Å². The van der Waals surface area contributed by atoms with Gasteiger partial charge in [-0.05, 0) is 26.0 Å². The number of aromatic nitrogens is 3. The molecule has 114 valence electrons. The number of aromatic amines is 1. The zero-order chi connectivity index (χ0) is 15.7. The molecule has 7 nitrogen and oxygen atoms in total. The minimum Gasteiger partial charge on any atom is -0.461 e. The number of carbonyl (C=O) groups is 2. The van der Waals surface area contributed by atoms with Gasteiger partial charge in [0.05, 0.1) is 24.2 Å². The van der Waals surface area contributed by atoms with Crippen LogP contribution in [0.3, 0.4) is 0 Å². The third-order valence-corrected chi connectivity index (χ3v) is 3.30. The van der Waals surface area contributed by atoms with E-state index in [-0.39, 0.29) is 18.9 Å². The second kappa shape index (κ2) is 5.51. The van der Waals surface area contributed by atoms with E-state index in [1.54, 1.807) is 30.5 Å². The van der Waals surface area contributed by atoms with Gasteiger partial charge in [-0.1, -0.05) is 0 Å². The molecule has 0 amide bonds. The summed E-state index contributed by atoms with van der Waals surface area (Å²) < 4.78 is 11.7. The Morgan fingerprint density at radius 1 is 1.18 bits per heavy atom. The van der Waals surface area contributed by atoms with Gasteiger partial charge in [0.25, 0.3) is 0 Å². The number of ether oxygens (including phenoxy) is 2. The summed E-state index contributed by atoms with van der Waals surface area (Å²) in [5.74, 6) is -0.936. The lowest BCUT2D eigenvalue weighted by molar-refractivity contribution is 0.0513. The minimum absolute atomic E-state index is 0.222. The Labute approximate surface area is 125 Å². The van der Waals surface area contributed by atoms with Gasteiger partial charge in [0.1, 0.15) is 12.0 Å². The molecule has 0 atom stereocenters. The smallest absolute Gasteiger partial charge is 0.359 e. The summed E-state index contributed by atoms with van der Waals surface area (Å²) in [6.45, 7) is 4.04. The third kappa shape index (κ3) is 2.11. The average Bonchev–Trinajstić information content (AvgIpc) is 3.11. The first-order chi connectivity index (χ1) is 10.7. The van der Waals surface area contributed by atoms with Gasteiger partial charge in [0.2, 0.25) is 0 Å². The number of hydrogen-bond donors (Lipinski definition) is 1. The fourth-order valence-electron chi connectivity index (χ4n) is 2.40. The summed E-state index contributed by atoms with van der Waals surface area (Å²) >= 11 is 0. The van der Waals surface area contributed by atoms with Crippen LogP contribution in [0.5, 0.6) is 0 Å². The predicted molar refractivity (Wildman–Crippen MR) is 79.0 cm³/mol. The monoisotopic (exact) mass is 301 g/mol. The highest BCUT2D eigenvalue weighted by molar-refractivity contribution is 6.04. The number of hydrogen-bond acceptors (Lipinski definition) is 5. The van der Waals surface area contributed by atoms with Crippen LogP contribution in [0, 0.1) is 0 Å². The van der Waals surface area contributed by atoms with Crippen molar-refractivity contribution in [1.82, 2.24) is 14.4 Å². The maximum Gasteiger partial charge on any atom is 0.359 e. The van der Waals surface area contributed by atoms with E-state index in [4.69, 9.17) is 9.47 Å². The van der Waals surface area contributed by atoms with E-state index < -0.39 is 11.9 Å². The molecule has 0 aliphatic heterocycles. The van der Waals surface area contributed by atoms with Crippen LogP contribution < -0.4 is 0 Å². The third-order valence-electron chi connectivity index (χ3n) is 3.30. The van der Waals surface area contributed by atoms with Gasteiger partial charge in [-0.3, -0.25) is 4.40 Å². The van der Waals surface area contributed by atoms with Crippen molar-refractivity contribution < 1.29 is 19.1 Å². The van der Waals surface area contributed by atoms with E-state index in [0.29, 0.717) is 16.7 Å². The van der Waals surface area contributed by atoms with Gasteiger partial charge in [-0.25, -0.2) is 14.6 Å². The maximum absolute atomic E-state index is 12.0. The summed E-state index contributed by atoms with van der Waals surface area (Å²) in [5, 5.41) is 0.823. The van der Waals surface area contributed by atoms with Crippen LogP contribution in [-0.2, 0) is 9.47 Å². The van der Waals surface area contributed by atoms with Crippen molar-refractivity contribution in [2.75, 3.05) is 13.2 Å². The molecule has 0 aliphatic carbocycles. The Bertz CT molecular complexity index is 862. The molecule has 3 aromatic heterocycles. The molecule has 0 aromatic carbocycles. The molecule has 3 aromatic rings. The van der Waals surface area contributed by atoms with Crippen LogP contribution in [0.1, 0.15) is 34.8 Å². The Kier molecular flexibility index (Phi) is 3.54. The molecule has 3 heterocycles. The number of pyridine rings is 1. The molecule has 0 fully saturated rings. The van der Waals surface area contributed by atoms with E-state index in [1.807, 2.05) is 6.07 Å². The molecule has 22 heavy (non-hydrogen) atoms. The molecule has 0 saturated carbocycles. The van der Waals surface area contributed by atoms with Crippen LogP contribution in [0.2, 0.25) is 0 Å². The fourth-order valence-corrected chi connectivity index (χ4v) is 2.40. The summed E-state index contributed by atoms with van der Waals surface area (Å²) in [6, 6.07) is 3.58. The molecule has 0 aliphatic rings. The summed E-state index contributed by atoms with van der Waals surface area (Å²) in [4.78, 5) is 31.0. The first-order valence-electron chi connectivity index (χ1n) is 6.98. The number of carbonyl (C=O) groups excluding carboxylic acids is 2. The highest BCUT2D eigenvalue weighted by Crippen LogP contribution is 2.23. The van der Waals surface area contributed by atoms with Crippen LogP contribution in [0.15, 0.2) is 24.7 Å². The summed E-state index contributed by atoms with van der Waals surface area (Å²) in [7, 11) is 0. The number of imidazole rings is 1. The molecule has 0 spiro atoms. The lowest BCUT2D eigenvalue weighted by atomic mass is 10.2. The maximum atomic E-state index is 12.0. The van der Waals surface area contributed by atoms with E-state index >= 15 is 0 Å². The molecule has 0 bridgehead atoms. The topological polar surface area (TPSA) is 85.7 Å². The Hall–Kier alpha value is -2.83. The van der Waals surface area contributed by atoms with Gasteiger partial charge in [0, 0.05) is 11.6 Å². The van der Waals surface area contributed by atoms with Crippen molar-refractivity contribution in [3.05, 3.63) is 36.0 Å². The van der Waals surface area contributed by atoms with E-state index in [0.717, 1.165) is 5.39 Å². The fraction of sp³-hybridized carbons (Fsp3) is 0.267. The van der Waals surface area contributed by atoms with Crippen molar-refractivity contribution in [1.29, 1.82) is 0 Å². The molecule has 0 saturated heterocycles. The summed E-state index contributed by atoms with van der Waals surface area (Å²) in [5.41, 5.74) is 1.75. The molecular weight excluding hydrogens is 286 g/mol. The first kappa shape index (κ1) is 14.1. The Balaban J connectivity index is 2.20. The quantitative estimate of drug-likeness (QED) is 0.746. The second-order valence-corrected chi connectivity index (χ2v) is 4.59. The van der Waals surface area contributed by atoms with Gasteiger partial charge < -0.3 is 14.5 Å².